The molecule has 0 aromatic heterocycles. The monoisotopic (exact) mass is 265 g/mol. The lowest BCUT2D eigenvalue weighted by Gasteiger charge is -2.34. The molecule has 2 unspecified atom stereocenters. The highest BCUT2D eigenvalue weighted by molar-refractivity contribution is 5.83. The van der Waals surface area contributed by atoms with Crippen molar-refractivity contribution in [3.63, 3.8) is 0 Å². The van der Waals surface area contributed by atoms with E-state index in [1.165, 1.54) is 0 Å². The van der Waals surface area contributed by atoms with Crippen molar-refractivity contribution in [3.8, 4) is 0 Å². The van der Waals surface area contributed by atoms with Crippen LogP contribution in [0, 0.1) is 0 Å². The zero-order chi connectivity index (χ0) is 13.4. The van der Waals surface area contributed by atoms with Crippen LogP contribution < -0.4 is 5.32 Å². The molecule has 106 valence electrons. The second-order valence-electron chi connectivity index (χ2n) is 5.94. The number of piperazine rings is 1. The van der Waals surface area contributed by atoms with Gasteiger partial charge in [0.05, 0.1) is 6.10 Å². The van der Waals surface area contributed by atoms with Crippen molar-refractivity contribution in [2.75, 3.05) is 33.2 Å². The van der Waals surface area contributed by atoms with Gasteiger partial charge in [-0.25, -0.2) is 0 Å². The predicted octanol–water partition coefficient (Wildman–Crippen LogP) is -0.0788. The van der Waals surface area contributed by atoms with Crippen LogP contribution in [-0.4, -0.2) is 66.2 Å². The normalized spacial score (nSPS) is 32.2. The summed E-state index contributed by atoms with van der Waals surface area (Å²) in [4.78, 5) is 16.7. The van der Waals surface area contributed by atoms with E-state index in [1.807, 2.05) is 4.90 Å². The number of carbonyl (C=O) groups is 1. The minimum Gasteiger partial charge on any atom is -0.389 e. The summed E-state index contributed by atoms with van der Waals surface area (Å²) in [6.07, 6.45) is 3.21. The average molecular weight is 265 g/mol. The zero-order valence-corrected chi connectivity index (χ0v) is 11.6. The largest absolute Gasteiger partial charge is 0.389 e. The van der Waals surface area contributed by atoms with E-state index in [1.54, 1.807) is 0 Å². The van der Waals surface area contributed by atoms with E-state index in [2.05, 4.69) is 17.3 Å². The highest BCUT2D eigenvalue weighted by Crippen LogP contribution is 2.32. The number of hydrogen-bond donors (Lipinski definition) is 2. The molecular formula is C14H23N3O2. The number of aliphatic hydroxyl groups is 1. The molecule has 3 aliphatic rings. The van der Waals surface area contributed by atoms with Gasteiger partial charge in [0.2, 0.25) is 5.91 Å². The fraction of sp³-hybridized carbons (Fsp3) is 0.786. The van der Waals surface area contributed by atoms with Gasteiger partial charge in [0.1, 0.15) is 6.04 Å². The van der Waals surface area contributed by atoms with Gasteiger partial charge in [-0.2, -0.15) is 0 Å². The van der Waals surface area contributed by atoms with Gasteiger partial charge >= 0.3 is 0 Å². The smallest absolute Gasteiger partial charge is 0.245 e. The number of nitrogens with zero attached hydrogens (tertiary/aromatic N) is 2. The van der Waals surface area contributed by atoms with Crippen LogP contribution in [0.3, 0.4) is 0 Å². The van der Waals surface area contributed by atoms with Crippen LogP contribution >= 0.6 is 0 Å². The molecule has 1 fully saturated rings. The number of amides is 1. The van der Waals surface area contributed by atoms with Crippen molar-refractivity contribution in [1.82, 2.24) is 15.1 Å². The first-order valence-corrected chi connectivity index (χ1v) is 7.29. The summed E-state index contributed by atoms with van der Waals surface area (Å²) in [5.74, 6) is 0.203. The second kappa shape index (κ2) is 5.13. The lowest BCUT2D eigenvalue weighted by atomic mass is 9.93. The summed E-state index contributed by atoms with van der Waals surface area (Å²) in [5, 5.41) is 13.3. The topological polar surface area (TPSA) is 55.8 Å². The van der Waals surface area contributed by atoms with Crippen molar-refractivity contribution in [3.05, 3.63) is 11.3 Å². The second-order valence-corrected chi connectivity index (χ2v) is 5.94. The van der Waals surface area contributed by atoms with E-state index in [9.17, 15) is 9.90 Å². The van der Waals surface area contributed by atoms with E-state index in [0.717, 1.165) is 56.7 Å². The third kappa shape index (κ3) is 2.49. The molecule has 2 heterocycles. The Morgan fingerprint density at radius 1 is 1.32 bits per heavy atom. The van der Waals surface area contributed by atoms with Crippen LogP contribution in [0.1, 0.15) is 25.7 Å². The molecule has 0 spiro atoms. The molecule has 3 rings (SSSR count). The molecule has 1 amide bonds. The van der Waals surface area contributed by atoms with Gasteiger partial charge in [-0.1, -0.05) is 0 Å². The molecule has 1 aliphatic carbocycles. The molecule has 5 heteroatoms. The molecule has 2 N–H and O–H groups in total. The summed E-state index contributed by atoms with van der Waals surface area (Å²) in [7, 11) is 2.09. The molecule has 2 atom stereocenters. The Kier molecular flexibility index (Phi) is 3.50. The maximum atomic E-state index is 12.5. The first-order chi connectivity index (χ1) is 9.15. The Hall–Kier alpha value is -1.07. The molecule has 0 aromatic carbocycles. The standard InChI is InChI=1S/C14H23N3O2/c1-16-5-7-17(8-6-16)14(19)12-9-10-11(15-12)3-2-4-13(10)18/h12-13,15,18H,2-9H2,1H3. The van der Waals surface area contributed by atoms with Crippen LogP contribution in [0.5, 0.6) is 0 Å². The molecule has 0 radical (unpaired) electrons. The lowest BCUT2D eigenvalue weighted by molar-refractivity contribution is -0.134. The molecular weight excluding hydrogens is 242 g/mol. The summed E-state index contributed by atoms with van der Waals surface area (Å²) >= 11 is 0. The molecule has 0 aromatic rings. The van der Waals surface area contributed by atoms with Gasteiger partial charge in [0, 0.05) is 38.3 Å². The van der Waals surface area contributed by atoms with E-state index in [4.69, 9.17) is 0 Å². The van der Waals surface area contributed by atoms with E-state index in [-0.39, 0.29) is 18.1 Å². The summed E-state index contributed by atoms with van der Waals surface area (Å²) in [6.45, 7) is 3.55. The summed E-state index contributed by atoms with van der Waals surface area (Å²) < 4.78 is 0. The number of aliphatic hydroxyl groups excluding tert-OH is 1. The maximum Gasteiger partial charge on any atom is 0.245 e. The fourth-order valence-electron chi connectivity index (χ4n) is 3.31. The summed E-state index contributed by atoms with van der Waals surface area (Å²) in [5.41, 5.74) is 2.21. The summed E-state index contributed by atoms with van der Waals surface area (Å²) in [6, 6.07) is -0.138. The molecule has 0 saturated carbocycles. The molecule has 19 heavy (non-hydrogen) atoms. The third-order valence-electron chi connectivity index (χ3n) is 4.58. The Morgan fingerprint density at radius 2 is 2.05 bits per heavy atom. The van der Waals surface area contributed by atoms with Gasteiger partial charge in [-0.3, -0.25) is 4.79 Å². The number of rotatable bonds is 1. The number of carbonyl (C=O) groups excluding carboxylic acids is 1. The zero-order valence-electron chi connectivity index (χ0n) is 11.6. The van der Waals surface area contributed by atoms with Crippen molar-refractivity contribution >= 4 is 5.91 Å². The molecule has 5 nitrogen and oxygen atoms in total. The molecule has 2 aliphatic heterocycles. The van der Waals surface area contributed by atoms with Crippen LogP contribution in [0.4, 0.5) is 0 Å². The van der Waals surface area contributed by atoms with Crippen LogP contribution in [0.15, 0.2) is 11.3 Å². The van der Waals surface area contributed by atoms with Crippen LogP contribution in [-0.2, 0) is 4.79 Å². The van der Waals surface area contributed by atoms with Gasteiger partial charge in [0.25, 0.3) is 0 Å². The van der Waals surface area contributed by atoms with E-state index in [0.29, 0.717) is 6.42 Å². The minimum absolute atomic E-state index is 0.138. The Labute approximate surface area is 114 Å². The Balaban J connectivity index is 1.61. The van der Waals surface area contributed by atoms with E-state index >= 15 is 0 Å². The number of nitrogens with one attached hydrogen (secondary N) is 1. The maximum absolute atomic E-state index is 12.5. The number of allylic oxidation sites excluding steroid dienone is 1. The number of hydrogen-bond acceptors (Lipinski definition) is 4. The van der Waals surface area contributed by atoms with E-state index < -0.39 is 0 Å². The van der Waals surface area contributed by atoms with Gasteiger partial charge in [-0.05, 0) is 31.9 Å². The molecule has 0 bridgehead atoms. The van der Waals surface area contributed by atoms with Gasteiger partial charge < -0.3 is 20.2 Å². The van der Waals surface area contributed by atoms with Crippen molar-refractivity contribution in [1.29, 1.82) is 0 Å². The van der Waals surface area contributed by atoms with Gasteiger partial charge in [0.15, 0.2) is 0 Å². The Morgan fingerprint density at radius 3 is 2.74 bits per heavy atom. The van der Waals surface area contributed by atoms with Crippen molar-refractivity contribution in [2.24, 2.45) is 0 Å². The van der Waals surface area contributed by atoms with Crippen molar-refractivity contribution in [2.45, 2.75) is 37.8 Å². The quantitative estimate of drug-likeness (QED) is 0.696. The van der Waals surface area contributed by atoms with Crippen LogP contribution in [0.25, 0.3) is 0 Å². The minimum atomic E-state index is -0.332. The fourth-order valence-corrected chi connectivity index (χ4v) is 3.31. The lowest BCUT2D eigenvalue weighted by Crippen LogP contribution is -2.52. The first kappa shape index (κ1) is 12.9. The average Bonchev–Trinajstić information content (AvgIpc) is 2.84. The SMILES string of the molecule is CN1CCN(C(=O)C2CC3=C(CCCC3O)N2)CC1. The van der Waals surface area contributed by atoms with Crippen LogP contribution in [0.2, 0.25) is 0 Å². The highest BCUT2D eigenvalue weighted by atomic mass is 16.3. The first-order valence-electron chi connectivity index (χ1n) is 7.29. The molecule has 1 saturated heterocycles. The predicted molar refractivity (Wildman–Crippen MR) is 72.5 cm³/mol. The van der Waals surface area contributed by atoms with Gasteiger partial charge in [-0.15, -0.1) is 0 Å². The third-order valence-corrected chi connectivity index (χ3v) is 4.58. The Bertz CT molecular complexity index is 399. The number of likely N-dealkylation sites (N-methyl/N-ethyl adjacent to an activating group) is 1. The van der Waals surface area contributed by atoms with Crippen molar-refractivity contribution < 1.29 is 9.90 Å². The highest BCUT2D eigenvalue weighted by Gasteiger charge is 2.36.